The van der Waals surface area contributed by atoms with Gasteiger partial charge in [0.1, 0.15) is 13.2 Å². The molecule has 17 heavy (non-hydrogen) atoms. The zero-order valence-corrected chi connectivity index (χ0v) is 9.72. The van der Waals surface area contributed by atoms with Crippen LogP contribution >= 0.6 is 0 Å². The van der Waals surface area contributed by atoms with Gasteiger partial charge in [-0.1, -0.05) is 0 Å². The standard InChI is InChI=1S/C11H19NO5/c13-9-3-1-8(2-4-9)5-12-10(14)6-17-7-11(15)16/h8-9,13H,1-7H2,(H,12,14)(H,15,16). The van der Waals surface area contributed by atoms with Gasteiger partial charge in [0.15, 0.2) is 0 Å². The van der Waals surface area contributed by atoms with E-state index in [1.54, 1.807) is 0 Å². The van der Waals surface area contributed by atoms with E-state index in [0.29, 0.717) is 12.5 Å². The number of hydrogen-bond acceptors (Lipinski definition) is 4. The van der Waals surface area contributed by atoms with E-state index in [1.165, 1.54) is 0 Å². The third kappa shape index (κ3) is 6.23. The predicted molar refractivity (Wildman–Crippen MR) is 59.4 cm³/mol. The summed E-state index contributed by atoms with van der Waals surface area (Å²) in [4.78, 5) is 21.4. The van der Waals surface area contributed by atoms with E-state index in [1.807, 2.05) is 0 Å². The van der Waals surface area contributed by atoms with Crippen molar-refractivity contribution in [3.8, 4) is 0 Å². The Hall–Kier alpha value is -1.14. The first kappa shape index (κ1) is 13.9. The van der Waals surface area contributed by atoms with Crippen LogP contribution in [0.4, 0.5) is 0 Å². The van der Waals surface area contributed by atoms with Gasteiger partial charge in [0.25, 0.3) is 0 Å². The van der Waals surface area contributed by atoms with Crippen LogP contribution in [0, 0.1) is 5.92 Å². The van der Waals surface area contributed by atoms with Crippen molar-refractivity contribution in [1.82, 2.24) is 5.32 Å². The first-order valence-corrected chi connectivity index (χ1v) is 5.82. The second-order valence-electron chi connectivity index (χ2n) is 4.37. The summed E-state index contributed by atoms with van der Waals surface area (Å²) in [5.74, 6) is -0.974. The number of rotatable bonds is 6. The SMILES string of the molecule is O=C(O)COCC(=O)NCC1CCC(O)CC1. The quantitative estimate of drug-likeness (QED) is 0.600. The average Bonchev–Trinajstić information content (AvgIpc) is 2.28. The van der Waals surface area contributed by atoms with Crippen molar-refractivity contribution in [2.75, 3.05) is 19.8 Å². The van der Waals surface area contributed by atoms with E-state index in [9.17, 15) is 14.7 Å². The van der Waals surface area contributed by atoms with Crippen molar-refractivity contribution in [3.63, 3.8) is 0 Å². The monoisotopic (exact) mass is 245 g/mol. The van der Waals surface area contributed by atoms with Crippen LogP contribution in [-0.4, -0.2) is 48.0 Å². The molecule has 1 amide bonds. The molecule has 0 saturated heterocycles. The summed E-state index contributed by atoms with van der Waals surface area (Å²) in [5, 5.41) is 20.3. The zero-order valence-electron chi connectivity index (χ0n) is 9.72. The summed E-state index contributed by atoms with van der Waals surface area (Å²) in [6, 6.07) is 0. The lowest BCUT2D eigenvalue weighted by atomic mass is 9.87. The number of aliphatic hydroxyl groups is 1. The van der Waals surface area contributed by atoms with E-state index in [-0.39, 0.29) is 18.6 Å². The van der Waals surface area contributed by atoms with E-state index in [4.69, 9.17) is 5.11 Å². The highest BCUT2D eigenvalue weighted by atomic mass is 16.5. The van der Waals surface area contributed by atoms with Gasteiger partial charge in [0.2, 0.25) is 5.91 Å². The summed E-state index contributed by atoms with van der Waals surface area (Å²) in [7, 11) is 0. The van der Waals surface area contributed by atoms with Gasteiger partial charge in [-0.15, -0.1) is 0 Å². The lowest BCUT2D eigenvalue weighted by molar-refractivity contribution is -0.143. The van der Waals surface area contributed by atoms with Crippen LogP contribution in [0.2, 0.25) is 0 Å². The first-order chi connectivity index (χ1) is 8.08. The minimum Gasteiger partial charge on any atom is -0.480 e. The van der Waals surface area contributed by atoms with Gasteiger partial charge in [-0.25, -0.2) is 4.79 Å². The van der Waals surface area contributed by atoms with Gasteiger partial charge in [-0.3, -0.25) is 4.79 Å². The molecule has 0 atom stereocenters. The maximum Gasteiger partial charge on any atom is 0.329 e. The van der Waals surface area contributed by atoms with Crippen molar-refractivity contribution in [2.24, 2.45) is 5.92 Å². The molecule has 0 aromatic carbocycles. The van der Waals surface area contributed by atoms with Crippen LogP contribution in [0.3, 0.4) is 0 Å². The number of ether oxygens (including phenoxy) is 1. The van der Waals surface area contributed by atoms with Crippen molar-refractivity contribution >= 4 is 11.9 Å². The van der Waals surface area contributed by atoms with Crippen LogP contribution < -0.4 is 5.32 Å². The summed E-state index contributed by atoms with van der Waals surface area (Å²) in [6.07, 6.45) is 3.21. The number of carboxylic acids is 1. The van der Waals surface area contributed by atoms with E-state index in [0.717, 1.165) is 25.7 Å². The molecule has 1 saturated carbocycles. The molecule has 0 spiro atoms. The smallest absolute Gasteiger partial charge is 0.329 e. The number of aliphatic carboxylic acids is 1. The van der Waals surface area contributed by atoms with Gasteiger partial charge in [-0.2, -0.15) is 0 Å². The molecule has 1 aliphatic rings. The Balaban J connectivity index is 2.05. The largest absolute Gasteiger partial charge is 0.480 e. The maximum absolute atomic E-state index is 11.3. The van der Waals surface area contributed by atoms with Crippen LogP contribution in [0.15, 0.2) is 0 Å². The van der Waals surface area contributed by atoms with Gasteiger partial charge < -0.3 is 20.3 Å². The average molecular weight is 245 g/mol. The number of nitrogens with one attached hydrogen (secondary N) is 1. The number of amides is 1. The minimum atomic E-state index is -1.08. The molecule has 0 aliphatic heterocycles. The van der Waals surface area contributed by atoms with Crippen LogP contribution in [0.1, 0.15) is 25.7 Å². The van der Waals surface area contributed by atoms with E-state index in [2.05, 4.69) is 10.1 Å². The molecule has 0 aromatic rings. The van der Waals surface area contributed by atoms with Gasteiger partial charge in [0, 0.05) is 6.54 Å². The summed E-state index contributed by atoms with van der Waals surface area (Å²) < 4.78 is 4.66. The lowest BCUT2D eigenvalue weighted by Gasteiger charge is -2.25. The summed E-state index contributed by atoms with van der Waals surface area (Å²) in [5.41, 5.74) is 0. The Morgan fingerprint density at radius 1 is 1.18 bits per heavy atom. The van der Waals surface area contributed by atoms with Gasteiger partial charge in [-0.05, 0) is 31.6 Å². The Morgan fingerprint density at radius 2 is 1.82 bits per heavy atom. The fourth-order valence-electron chi connectivity index (χ4n) is 1.89. The molecule has 98 valence electrons. The van der Waals surface area contributed by atoms with Gasteiger partial charge >= 0.3 is 5.97 Å². The highest BCUT2D eigenvalue weighted by molar-refractivity contribution is 5.77. The second kappa shape index (κ2) is 7.24. The predicted octanol–water partition coefficient (Wildman–Crippen LogP) is -0.245. The molecular formula is C11H19NO5. The molecule has 0 unspecified atom stereocenters. The summed E-state index contributed by atoms with van der Waals surface area (Å²) >= 11 is 0. The molecule has 0 radical (unpaired) electrons. The van der Waals surface area contributed by atoms with Crippen LogP contribution in [0.5, 0.6) is 0 Å². The van der Waals surface area contributed by atoms with Crippen molar-refractivity contribution in [2.45, 2.75) is 31.8 Å². The molecule has 6 nitrogen and oxygen atoms in total. The molecule has 0 bridgehead atoms. The van der Waals surface area contributed by atoms with Crippen molar-refractivity contribution in [3.05, 3.63) is 0 Å². The highest BCUT2D eigenvalue weighted by Gasteiger charge is 2.19. The molecule has 1 rings (SSSR count). The molecule has 6 heteroatoms. The number of carboxylic acid groups (broad SMARTS) is 1. The molecule has 0 aromatic heterocycles. The summed E-state index contributed by atoms with van der Waals surface area (Å²) in [6.45, 7) is -0.104. The first-order valence-electron chi connectivity index (χ1n) is 5.82. The van der Waals surface area contributed by atoms with E-state index < -0.39 is 12.6 Å². The van der Waals surface area contributed by atoms with Gasteiger partial charge in [0.05, 0.1) is 6.10 Å². The molecule has 3 N–H and O–H groups in total. The Bertz CT molecular complexity index is 261. The zero-order chi connectivity index (χ0) is 12.7. The van der Waals surface area contributed by atoms with Crippen LogP contribution in [-0.2, 0) is 14.3 Å². The number of carbonyl (C=O) groups is 2. The third-order valence-electron chi connectivity index (χ3n) is 2.86. The Kier molecular flexibility index (Phi) is 5.93. The molecule has 0 heterocycles. The lowest BCUT2D eigenvalue weighted by Crippen LogP contribution is -2.34. The van der Waals surface area contributed by atoms with Crippen LogP contribution in [0.25, 0.3) is 0 Å². The third-order valence-corrected chi connectivity index (χ3v) is 2.86. The number of carbonyl (C=O) groups excluding carboxylic acids is 1. The molecule has 1 fully saturated rings. The fraction of sp³-hybridized carbons (Fsp3) is 0.818. The fourth-order valence-corrected chi connectivity index (χ4v) is 1.89. The normalized spacial score (nSPS) is 24.3. The minimum absolute atomic E-state index is 0.194. The second-order valence-corrected chi connectivity index (χ2v) is 4.37. The Morgan fingerprint density at radius 3 is 2.41 bits per heavy atom. The van der Waals surface area contributed by atoms with E-state index >= 15 is 0 Å². The topological polar surface area (TPSA) is 95.9 Å². The molecule has 1 aliphatic carbocycles. The number of aliphatic hydroxyl groups excluding tert-OH is 1. The highest BCUT2D eigenvalue weighted by Crippen LogP contribution is 2.23. The maximum atomic E-state index is 11.3. The number of hydrogen-bond donors (Lipinski definition) is 3. The molecular weight excluding hydrogens is 226 g/mol. The van der Waals surface area contributed by atoms with Crippen molar-refractivity contribution in [1.29, 1.82) is 0 Å². The van der Waals surface area contributed by atoms with Crippen molar-refractivity contribution < 1.29 is 24.5 Å². The Labute approximate surface area is 100.0 Å².